The molecular weight excluding hydrogens is 296 g/mol. The van der Waals surface area contributed by atoms with Crippen LogP contribution in [0.1, 0.15) is 26.4 Å². The van der Waals surface area contributed by atoms with E-state index in [1.54, 1.807) is 23.5 Å². The summed E-state index contributed by atoms with van der Waals surface area (Å²) in [5, 5.41) is 0.351. The molecule has 1 aliphatic heterocycles. The molecule has 0 aliphatic carbocycles. The lowest BCUT2D eigenvalue weighted by atomic mass is 10.0. The first kappa shape index (κ1) is 13.5. The lowest BCUT2D eigenvalue weighted by Crippen LogP contribution is -2.08. The van der Waals surface area contributed by atoms with Crippen LogP contribution in [0.3, 0.4) is 0 Å². The maximum Gasteiger partial charge on any atom is 0.339 e. The summed E-state index contributed by atoms with van der Waals surface area (Å²) in [6.45, 7) is 4.73. The molecule has 20 heavy (non-hydrogen) atoms. The average molecular weight is 309 g/mol. The Labute approximate surface area is 126 Å². The second-order valence-corrected chi connectivity index (χ2v) is 6.33. The Morgan fingerprint density at radius 2 is 2.15 bits per heavy atom. The fourth-order valence-corrected chi connectivity index (χ4v) is 3.75. The maximum atomic E-state index is 11.8. The van der Waals surface area contributed by atoms with Gasteiger partial charge in [0.1, 0.15) is 12.4 Å². The summed E-state index contributed by atoms with van der Waals surface area (Å²) in [5.41, 5.74) is 3.73. The number of methoxy groups -OCH3 is 1. The molecule has 0 atom stereocenters. The van der Waals surface area contributed by atoms with Crippen molar-refractivity contribution < 1.29 is 14.3 Å². The molecule has 3 rings (SSSR count). The molecule has 3 nitrogen and oxygen atoms in total. The smallest absolute Gasteiger partial charge is 0.339 e. The topological polar surface area (TPSA) is 35.5 Å². The van der Waals surface area contributed by atoms with Gasteiger partial charge in [0.2, 0.25) is 0 Å². The summed E-state index contributed by atoms with van der Waals surface area (Å²) < 4.78 is 10.5. The largest absolute Gasteiger partial charge is 0.488 e. The summed E-state index contributed by atoms with van der Waals surface area (Å²) >= 11 is 7.84. The number of rotatable bonds is 1. The molecule has 0 radical (unpaired) electrons. The van der Waals surface area contributed by atoms with Crippen LogP contribution in [0.15, 0.2) is 12.1 Å². The van der Waals surface area contributed by atoms with Crippen LogP contribution in [0.2, 0.25) is 5.02 Å². The van der Waals surface area contributed by atoms with Crippen molar-refractivity contribution in [3.05, 3.63) is 38.7 Å². The predicted molar refractivity (Wildman–Crippen MR) is 79.9 cm³/mol. The minimum atomic E-state index is -0.435. The van der Waals surface area contributed by atoms with Crippen LogP contribution >= 0.6 is 22.9 Å². The van der Waals surface area contributed by atoms with Crippen LogP contribution in [0.5, 0.6) is 5.75 Å². The number of hydrogen-bond donors (Lipinski definition) is 0. The highest BCUT2D eigenvalue weighted by molar-refractivity contribution is 7.15. The summed E-state index contributed by atoms with van der Waals surface area (Å²) in [7, 11) is 1.35. The highest BCUT2D eigenvalue weighted by Gasteiger charge is 2.25. The van der Waals surface area contributed by atoms with Crippen molar-refractivity contribution in [2.24, 2.45) is 0 Å². The van der Waals surface area contributed by atoms with E-state index in [2.05, 4.69) is 13.8 Å². The Morgan fingerprint density at radius 3 is 2.85 bits per heavy atom. The third-order valence-electron chi connectivity index (χ3n) is 3.60. The Kier molecular flexibility index (Phi) is 3.22. The highest BCUT2D eigenvalue weighted by Crippen LogP contribution is 2.46. The molecular formula is C15H13ClO3S. The number of carbonyl (C=O) groups is 1. The molecule has 0 saturated heterocycles. The van der Waals surface area contributed by atoms with E-state index in [9.17, 15) is 4.79 Å². The molecule has 2 heterocycles. The van der Waals surface area contributed by atoms with Crippen molar-refractivity contribution in [2.45, 2.75) is 20.5 Å². The number of fused-ring (bicyclic) bond motifs is 3. The zero-order chi connectivity index (χ0) is 14.4. The van der Waals surface area contributed by atoms with Crippen molar-refractivity contribution in [3.63, 3.8) is 0 Å². The van der Waals surface area contributed by atoms with Gasteiger partial charge in [0, 0.05) is 26.9 Å². The van der Waals surface area contributed by atoms with Crippen molar-refractivity contribution in [2.75, 3.05) is 7.11 Å². The number of halogens is 1. The van der Waals surface area contributed by atoms with Gasteiger partial charge in [-0.1, -0.05) is 11.6 Å². The van der Waals surface area contributed by atoms with Gasteiger partial charge in [0.05, 0.1) is 17.7 Å². The number of ether oxygens (including phenoxy) is 2. The average Bonchev–Trinajstić information content (AvgIpc) is 2.73. The summed E-state index contributed by atoms with van der Waals surface area (Å²) in [4.78, 5) is 14.2. The second-order valence-electron chi connectivity index (χ2n) is 4.70. The van der Waals surface area contributed by atoms with E-state index in [0.29, 0.717) is 17.2 Å². The molecule has 1 aromatic heterocycles. The summed E-state index contributed by atoms with van der Waals surface area (Å²) in [6.07, 6.45) is 0. The normalized spacial score (nSPS) is 12.4. The Balaban J connectivity index is 2.23. The number of hydrogen-bond acceptors (Lipinski definition) is 4. The molecule has 1 aromatic carbocycles. The number of aryl methyl sites for hydroxylation is 1. The molecule has 2 aromatic rings. The number of thiophene rings is 1. The Hall–Kier alpha value is -1.52. The van der Waals surface area contributed by atoms with Crippen LogP contribution in [-0.4, -0.2) is 13.1 Å². The van der Waals surface area contributed by atoms with E-state index < -0.39 is 5.97 Å². The van der Waals surface area contributed by atoms with Gasteiger partial charge >= 0.3 is 5.97 Å². The Bertz CT molecular complexity index is 718. The second kappa shape index (κ2) is 4.79. The van der Waals surface area contributed by atoms with Crippen LogP contribution in [0.25, 0.3) is 10.4 Å². The molecule has 0 amide bonds. The van der Waals surface area contributed by atoms with Crippen LogP contribution in [0.4, 0.5) is 0 Å². The molecule has 1 aliphatic rings. The van der Waals surface area contributed by atoms with E-state index >= 15 is 0 Å². The minimum Gasteiger partial charge on any atom is -0.488 e. The Morgan fingerprint density at radius 1 is 1.40 bits per heavy atom. The SMILES string of the molecule is COC(=O)c1cc2c(cc1Cl)OCc1c-2sc(C)c1C. The van der Waals surface area contributed by atoms with Gasteiger partial charge in [-0.25, -0.2) is 4.79 Å². The highest BCUT2D eigenvalue weighted by atomic mass is 35.5. The zero-order valence-electron chi connectivity index (χ0n) is 11.4. The van der Waals surface area contributed by atoms with Gasteiger partial charge in [-0.05, 0) is 25.5 Å². The first-order valence-electron chi connectivity index (χ1n) is 6.16. The van der Waals surface area contributed by atoms with Gasteiger partial charge in [-0.15, -0.1) is 11.3 Å². The quantitative estimate of drug-likeness (QED) is 0.734. The molecule has 0 saturated carbocycles. The lowest BCUT2D eigenvalue weighted by Gasteiger charge is -2.19. The number of esters is 1. The van der Waals surface area contributed by atoms with E-state index in [-0.39, 0.29) is 0 Å². The molecule has 0 N–H and O–H groups in total. The van der Waals surface area contributed by atoms with E-state index in [4.69, 9.17) is 21.1 Å². The van der Waals surface area contributed by atoms with E-state index in [1.165, 1.54) is 23.1 Å². The zero-order valence-corrected chi connectivity index (χ0v) is 12.9. The van der Waals surface area contributed by atoms with E-state index in [0.717, 1.165) is 16.2 Å². The van der Waals surface area contributed by atoms with Gasteiger partial charge < -0.3 is 9.47 Å². The van der Waals surface area contributed by atoms with Gasteiger partial charge in [0.25, 0.3) is 0 Å². The number of benzene rings is 1. The van der Waals surface area contributed by atoms with Crippen molar-refractivity contribution in [1.29, 1.82) is 0 Å². The van der Waals surface area contributed by atoms with Crippen molar-refractivity contribution in [3.8, 4) is 16.2 Å². The third-order valence-corrected chi connectivity index (χ3v) is 5.20. The van der Waals surface area contributed by atoms with Crippen molar-refractivity contribution >= 4 is 28.9 Å². The summed E-state index contributed by atoms with van der Waals surface area (Å²) in [5.74, 6) is 0.284. The van der Waals surface area contributed by atoms with E-state index in [1.807, 2.05) is 0 Å². The lowest BCUT2D eigenvalue weighted by molar-refractivity contribution is 0.0601. The van der Waals surface area contributed by atoms with Gasteiger partial charge in [-0.3, -0.25) is 0 Å². The van der Waals surface area contributed by atoms with Crippen molar-refractivity contribution in [1.82, 2.24) is 0 Å². The number of carbonyl (C=O) groups excluding carboxylic acids is 1. The first-order valence-corrected chi connectivity index (χ1v) is 7.36. The standard InChI is InChI=1S/C15H13ClO3S/c1-7-8(2)20-14-10-4-9(15(17)18-3)12(16)5-13(10)19-6-11(7)14/h4-5H,6H2,1-3H3. The molecule has 0 fully saturated rings. The molecule has 0 bridgehead atoms. The monoisotopic (exact) mass is 308 g/mol. The third kappa shape index (κ3) is 1.91. The molecule has 104 valence electrons. The molecule has 0 spiro atoms. The minimum absolute atomic E-state index is 0.351. The molecule has 5 heteroatoms. The van der Waals surface area contributed by atoms with Gasteiger partial charge in [0.15, 0.2) is 0 Å². The maximum absolute atomic E-state index is 11.8. The van der Waals surface area contributed by atoms with Crippen LogP contribution < -0.4 is 4.74 Å². The molecule has 0 unspecified atom stereocenters. The predicted octanol–water partition coefficient (Wildman–Crippen LogP) is 4.36. The van der Waals surface area contributed by atoms with Crippen LogP contribution in [-0.2, 0) is 11.3 Å². The summed E-state index contributed by atoms with van der Waals surface area (Å²) in [6, 6.07) is 3.45. The fraction of sp³-hybridized carbons (Fsp3) is 0.267. The van der Waals surface area contributed by atoms with Gasteiger partial charge in [-0.2, -0.15) is 0 Å². The fourth-order valence-electron chi connectivity index (χ4n) is 2.33. The van der Waals surface area contributed by atoms with Crippen LogP contribution in [0, 0.1) is 13.8 Å². The first-order chi connectivity index (χ1) is 9.52.